The summed E-state index contributed by atoms with van der Waals surface area (Å²) in [5.74, 6) is 0.0405. The lowest BCUT2D eigenvalue weighted by Gasteiger charge is -2.11. The number of phenolic OH excluding ortho intramolecular Hbond substituents is 1. The second-order valence-electron chi connectivity index (χ2n) is 4.90. The summed E-state index contributed by atoms with van der Waals surface area (Å²) in [5, 5.41) is 11.9. The molecule has 2 aromatic carbocycles. The lowest BCUT2D eigenvalue weighted by atomic mass is 9.95. The molecule has 0 spiro atoms. The predicted octanol–water partition coefficient (Wildman–Crippen LogP) is 2.59. The zero-order chi connectivity index (χ0) is 17.3. The summed E-state index contributed by atoms with van der Waals surface area (Å²) in [6, 6.07) is 9.65. The molecule has 2 amide bonds. The van der Waals surface area contributed by atoms with E-state index in [0.29, 0.717) is 21.7 Å². The highest BCUT2D eigenvalue weighted by Gasteiger charge is 2.25. The van der Waals surface area contributed by atoms with Crippen LogP contribution in [0.4, 0.5) is 4.79 Å². The number of hydrogen-bond acceptors (Lipinski definition) is 6. The number of rotatable bonds is 3. The van der Waals surface area contributed by atoms with Crippen molar-refractivity contribution in [3.63, 3.8) is 0 Å². The Hall–Kier alpha value is -2.32. The average molecular weight is 355 g/mol. The molecule has 0 bridgehead atoms. The van der Waals surface area contributed by atoms with Crippen molar-refractivity contribution in [2.75, 3.05) is 0 Å². The lowest BCUT2D eigenvalue weighted by molar-refractivity contribution is -0.115. The third-order valence-corrected chi connectivity index (χ3v) is 4.22. The second kappa shape index (κ2) is 6.66. The predicted molar refractivity (Wildman–Crippen MR) is 96.4 cm³/mol. The van der Waals surface area contributed by atoms with Crippen molar-refractivity contribution < 1.29 is 19.4 Å². The molecule has 2 radical (unpaired) electrons. The van der Waals surface area contributed by atoms with Gasteiger partial charge in [0.15, 0.2) is 11.5 Å². The zero-order valence-corrected chi connectivity index (χ0v) is 13.9. The normalized spacial score (nSPS) is 15.6. The van der Waals surface area contributed by atoms with E-state index in [-0.39, 0.29) is 16.4 Å². The SMILES string of the molecule is [B]c1cc(S)ccc1Oc1ccc(/C=C2\SC(=O)NC2=O)cc1O. The smallest absolute Gasteiger partial charge is 0.290 e. The first-order valence-corrected chi connectivity index (χ1v) is 8.03. The average Bonchev–Trinajstić information content (AvgIpc) is 2.82. The van der Waals surface area contributed by atoms with E-state index in [0.717, 1.165) is 11.8 Å². The summed E-state index contributed by atoms with van der Waals surface area (Å²) < 4.78 is 5.59. The summed E-state index contributed by atoms with van der Waals surface area (Å²) in [7, 11) is 5.84. The van der Waals surface area contributed by atoms with Crippen LogP contribution in [0.5, 0.6) is 17.2 Å². The van der Waals surface area contributed by atoms with Crippen molar-refractivity contribution in [2.24, 2.45) is 0 Å². The van der Waals surface area contributed by atoms with E-state index in [1.165, 1.54) is 12.1 Å². The number of hydrogen-bond donors (Lipinski definition) is 3. The molecular formula is C16H10BNO4S2. The Bertz CT molecular complexity index is 882. The van der Waals surface area contributed by atoms with Crippen molar-refractivity contribution in [3.8, 4) is 17.2 Å². The van der Waals surface area contributed by atoms with Crippen LogP contribution in [-0.2, 0) is 4.79 Å². The standard InChI is InChI=1S/C16H10BNO4S2/c17-10-7-9(23)2-4-12(10)22-13-3-1-8(5-11(13)19)6-14-15(20)18-16(21)24-14/h1-7,19,23H,(H,18,20,21)/b14-6-. The quantitative estimate of drug-likeness (QED) is 0.448. The number of carbonyl (C=O) groups excluding carboxylic acids is 2. The van der Waals surface area contributed by atoms with E-state index < -0.39 is 11.1 Å². The zero-order valence-electron chi connectivity index (χ0n) is 12.1. The Morgan fingerprint density at radius 3 is 2.54 bits per heavy atom. The number of carbonyl (C=O) groups is 2. The van der Waals surface area contributed by atoms with Crippen LogP contribution in [0.3, 0.4) is 0 Å². The second-order valence-corrected chi connectivity index (χ2v) is 6.43. The maximum absolute atomic E-state index is 11.5. The number of thioether (sulfide) groups is 1. The first-order chi connectivity index (χ1) is 11.4. The molecular weight excluding hydrogens is 345 g/mol. The van der Waals surface area contributed by atoms with Gasteiger partial charge in [-0.25, -0.2) is 0 Å². The maximum atomic E-state index is 11.5. The number of ether oxygens (including phenoxy) is 1. The van der Waals surface area contributed by atoms with Crippen molar-refractivity contribution in [3.05, 3.63) is 46.9 Å². The fourth-order valence-corrected chi connectivity index (χ4v) is 2.93. The molecule has 0 unspecified atom stereocenters. The first kappa shape index (κ1) is 16.5. The Morgan fingerprint density at radius 1 is 1.17 bits per heavy atom. The monoisotopic (exact) mass is 355 g/mol. The molecule has 1 saturated heterocycles. The van der Waals surface area contributed by atoms with Gasteiger partial charge in [-0.2, -0.15) is 0 Å². The van der Waals surface area contributed by atoms with E-state index in [2.05, 4.69) is 17.9 Å². The number of phenols is 1. The number of nitrogens with one attached hydrogen (secondary N) is 1. The molecule has 0 atom stereocenters. The van der Waals surface area contributed by atoms with Gasteiger partial charge in [-0.1, -0.05) is 17.6 Å². The van der Waals surface area contributed by atoms with Gasteiger partial charge in [0.2, 0.25) is 0 Å². The minimum absolute atomic E-state index is 0.117. The van der Waals surface area contributed by atoms with Gasteiger partial charge in [-0.15, -0.1) is 12.6 Å². The van der Waals surface area contributed by atoms with Crippen molar-refractivity contribution in [2.45, 2.75) is 4.90 Å². The molecule has 0 saturated carbocycles. The molecule has 3 rings (SSSR count). The van der Waals surface area contributed by atoms with Crippen molar-refractivity contribution in [1.29, 1.82) is 0 Å². The van der Waals surface area contributed by atoms with Gasteiger partial charge in [0, 0.05) is 4.90 Å². The highest BCUT2D eigenvalue weighted by Crippen LogP contribution is 2.33. The van der Waals surface area contributed by atoms with E-state index in [1.54, 1.807) is 30.3 Å². The van der Waals surface area contributed by atoms with Crippen LogP contribution in [0.1, 0.15) is 5.56 Å². The molecule has 1 aliphatic rings. The van der Waals surface area contributed by atoms with Crippen LogP contribution in [0.2, 0.25) is 0 Å². The summed E-state index contributed by atoms with van der Waals surface area (Å²) >= 11 is 4.99. The van der Waals surface area contributed by atoms with Crippen LogP contribution < -0.4 is 15.5 Å². The highest BCUT2D eigenvalue weighted by molar-refractivity contribution is 8.18. The summed E-state index contributed by atoms with van der Waals surface area (Å²) in [4.78, 5) is 23.6. The molecule has 2 aromatic rings. The van der Waals surface area contributed by atoms with Crippen LogP contribution in [0.15, 0.2) is 46.2 Å². The fourth-order valence-electron chi connectivity index (χ4n) is 2.03. The van der Waals surface area contributed by atoms with Crippen molar-refractivity contribution in [1.82, 2.24) is 5.32 Å². The van der Waals surface area contributed by atoms with Crippen LogP contribution in [-0.4, -0.2) is 24.1 Å². The highest BCUT2D eigenvalue weighted by atomic mass is 32.2. The topological polar surface area (TPSA) is 75.6 Å². The third kappa shape index (κ3) is 3.60. The van der Waals surface area contributed by atoms with Crippen molar-refractivity contribution >= 4 is 54.9 Å². The molecule has 1 heterocycles. The number of thiol groups is 1. The molecule has 2 N–H and O–H groups in total. The van der Waals surface area contributed by atoms with Crippen LogP contribution in [0, 0.1) is 0 Å². The van der Waals surface area contributed by atoms with Crippen LogP contribution >= 0.6 is 24.4 Å². The van der Waals surface area contributed by atoms with E-state index in [4.69, 9.17) is 12.6 Å². The summed E-state index contributed by atoms with van der Waals surface area (Å²) in [5.41, 5.74) is 0.955. The minimum atomic E-state index is -0.454. The molecule has 5 nitrogen and oxygen atoms in total. The first-order valence-electron chi connectivity index (χ1n) is 6.76. The van der Waals surface area contributed by atoms with Gasteiger partial charge in [0.25, 0.3) is 11.1 Å². The van der Waals surface area contributed by atoms with E-state index >= 15 is 0 Å². The third-order valence-electron chi connectivity index (χ3n) is 3.14. The molecule has 0 aliphatic carbocycles. The van der Waals surface area contributed by atoms with Gasteiger partial charge in [0.1, 0.15) is 13.6 Å². The molecule has 0 aromatic heterocycles. The Kier molecular flexibility index (Phi) is 4.59. The number of amides is 2. The number of aromatic hydroxyl groups is 1. The Labute approximate surface area is 148 Å². The molecule has 1 aliphatic heterocycles. The van der Waals surface area contributed by atoms with E-state index in [9.17, 15) is 14.7 Å². The number of benzene rings is 2. The maximum Gasteiger partial charge on any atom is 0.290 e. The molecule has 8 heteroatoms. The lowest BCUT2D eigenvalue weighted by Crippen LogP contribution is -2.17. The largest absolute Gasteiger partial charge is 0.504 e. The molecule has 24 heavy (non-hydrogen) atoms. The van der Waals surface area contributed by atoms with Crippen LogP contribution in [0.25, 0.3) is 6.08 Å². The summed E-state index contributed by atoms with van der Waals surface area (Å²) in [6.45, 7) is 0. The molecule has 118 valence electrons. The van der Waals surface area contributed by atoms with Gasteiger partial charge in [-0.05, 0) is 47.7 Å². The van der Waals surface area contributed by atoms with Gasteiger partial charge in [0.05, 0.1) is 4.91 Å². The van der Waals surface area contributed by atoms with Gasteiger partial charge < -0.3 is 9.84 Å². The Morgan fingerprint density at radius 2 is 1.92 bits per heavy atom. The minimum Gasteiger partial charge on any atom is -0.504 e. The number of imide groups is 1. The molecule has 1 fully saturated rings. The van der Waals surface area contributed by atoms with Gasteiger partial charge >= 0.3 is 0 Å². The Balaban J connectivity index is 1.84. The fraction of sp³-hybridized carbons (Fsp3) is 0. The van der Waals surface area contributed by atoms with E-state index in [1.807, 2.05) is 0 Å². The van der Waals surface area contributed by atoms with Gasteiger partial charge in [-0.3, -0.25) is 14.9 Å². The summed E-state index contributed by atoms with van der Waals surface area (Å²) in [6.07, 6.45) is 1.51.